The molecule has 2 atom stereocenters. The maximum atomic E-state index is 10.3. The van der Waals surface area contributed by atoms with E-state index in [4.69, 9.17) is 9.84 Å². The van der Waals surface area contributed by atoms with E-state index in [9.17, 15) is 4.79 Å². The van der Waals surface area contributed by atoms with Crippen LogP contribution in [0.4, 0.5) is 0 Å². The highest BCUT2D eigenvalue weighted by atomic mass is 16.5. The molecule has 14 heavy (non-hydrogen) atoms. The van der Waals surface area contributed by atoms with E-state index in [2.05, 4.69) is 18.7 Å². The number of hydrogen-bond acceptors (Lipinski definition) is 3. The van der Waals surface area contributed by atoms with Gasteiger partial charge in [-0.3, -0.25) is 9.69 Å². The zero-order valence-corrected chi connectivity index (χ0v) is 8.90. The molecule has 1 rings (SSSR count). The number of carboxylic acids is 1. The van der Waals surface area contributed by atoms with Crippen molar-refractivity contribution < 1.29 is 14.6 Å². The fourth-order valence-electron chi connectivity index (χ4n) is 1.72. The molecular formula is C10H19NO3. The van der Waals surface area contributed by atoms with Crippen LogP contribution in [0.1, 0.15) is 26.7 Å². The number of ether oxygens (including phenoxy) is 1. The third kappa shape index (κ3) is 3.64. The fourth-order valence-corrected chi connectivity index (χ4v) is 1.72. The molecule has 0 aliphatic carbocycles. The van der Waals surface area contributed by atoms with Gasteiger partial charge in [-0.2, -0.15) is 0 Å². The van der Waals surface area contributed by atoms with Crippen LogP contribution in [0.25, 0.3) is 0 Å². The standard InChI is InChI=1S/C10H19NO3/c1-8-7-14-9(2)6-11(8)5-3-4-10(12)13/h8-9H,3-7H2,1-2H3,(H,12,13). The number of morpholine rings is 1. The predicted octanol–water partition coefficient (Wildman–Crippen LogP) is 0.960. The van der Waals surface area contributed by atoms with E-state index in [1.807, 2.05) is 0 Å². The van der Waals surface area contributed by atoms with Crippen LogP contribution in [0, 0.1) is 0 Å². The van der Waals surface area contributed by atoms with Crippen molar-refractivity contribution in [2.75, 3.05) is 19.7 Å². The van der Waals surface area contributed by atoms with Gasteiger partial charge in [-0.05, 0) is 26.8 Å². The second-order valence-electron chi connectivity index (χ2n) is 3.99. The topological polar surface area (TPSA) is 49.8 Å². The molecule has 1 heterocycles. The molecule has 82 valence electrons. The first-order valence-electron chi connectivity index (χ1n) is 5.17. The van der Waals surface area contributed by atoms with E-state index < -0.39 is 5.97 Å². The molecule has 0 radical (unpaired) electrons. The quantitative estimate of drug-likeness (QED) is 0.736. The van der Waals surface area contributed by atoms with Crippen LogP contribution in [-0.2, 0) is 9.53 Å². The Hall–Kier alpha value is -0.610. The molecule has 4 heteroatoms. The molecule has 0 aromatic carbocycles. The van der Waals surface area contributed by atoms with E-state index in [0.717, 1.165) is 26.1 Å². The van der Waals surface area contributed by atoms with Crippen LogP contribution >= 0.6 is 0 Å². The van der Waals surface area contributed by atoms with Crippen LogP contribution in [0.2, 0.25) is 0 Å². The predicted molar refractivity (Wildman–Crippen MR) is 53.3 cm³/mol. The average Bonchev–Trinajstić information content (AvgIpc) is 2.10. The van der Waals surface area contributed by atoms with Gasteiger partial charge >= 0.3 is 5.97 Å². The van der Waals surface area contributed by atoms with Gasteiger partial charge in [-0.15, -0.1) is 0 Å². The minimum Gasteiger partial charge on any atom is -0.481 e. The number of nitrogens with zero attached hydrogens (tertiary/aromatic N) is 1. The highest BCUT2D eigenvalue weighted by molar-refractivity contribution is 5.66. The monoisotopic (exact) mass is 201 g/mol. The zero-order chi connectivity index (χ0) is 10.6. The average molecular weight is 201 g/mol. The molecule has 1 N–H and O–H groups in total. The second kappa shape index (κ2) is 5.32. The Morgan fingerprint density at radius 2 is 2.29 bits per heavy atom. The van der Waals surface area contributed by atoms with Crippen LogP contribution in [0.5, 0.6) is 0 Å². The zero-order valence-electron chi connectivity index (χ0n) is 8.90. The molecule has 0 amide bonds. The fraction of sp³-hybridized carbons (Fsp3) is 0.900. The third-order valence-electron chi connectivity index (χ3n) is 2.57. The largest absolute Gasteiger partial charge is 0.481 e. The summed E-state index contributed by atoms with van der Waals surface area (Å²) in [6.45, 7) is 6.71. The van der Waals surface area contributed by atoms with E-state index in [-0.39, 0.29) is 12.5 Å². The summed E-state index contributed by atoms with van der Waals surface area (Å²) in [6.07, 6.45) is 1.27. The maximum absolute atomic E-state index is 10.3. The van der Waals surface area contributed by atoms with Gasteiger partial charge in [0.1, 0.15) is 0 Å². The normalized spacial score (nSPS) is 29.0. The third-order valence-corrected chi connectivity index (χ3v) is 2.57. The first kappa shape index (κ1) is 11.5. The number of hydrogen-bond donors (Lipinski definition) is 1. The van der Waals surface area contributed by atoms with Crippen LogP contribution in [-0.4, -0.2) is 47.8 Å². The molecule has 1 fully saturated rings. The van der Waals surface area contributed by atoms with Crippen LogP contribution in [0.3, 0.4) is 0 Å². The van der Waals surface area contributed by atoms with Gasteiger partial charge in [-0.25, -0.2) is 0 Å². The van der Waals surface area contributed by atoms with Gasteiger partial charge in [0.05, 0.1) is 12.7 Å². The Kier molecular flexibility index (Phi) is 4.35. The van der Waals surface area contributed by atoms with Crippen molar-refractivity contribution in [2.45, 2.75) is 38.8 Å². The minimum absolute atomic E-state index is 0.262. The molecule has 0 saturated carbocycles. The van der Waals surface area contributed by atoms with Gasteiger partial charge in [0.15, 0.2) is 0 Å². The molecule has 0 bridgehead atoms. The van der Waals surface area contributed by atoms with E-state index >= 15 is 0 Å². The molecule has 1 aliphatic heterocycles. The van der Waals surface area contributed by atoms with Crippen LogP contribution < -0.4 is 0 Å². The number of rotatable bonds is 4. The lowest BCUT2D eigenvalue weighted by Gasteiger charge is -2.36. The smallest absolute Gasteiger partial charge is 0.303 e. The summed E-state index contributed by atoms with van der Waals surface area (Å²) in [7, 11) is 0. The van der Waals surface area contributed by atoms with Gasteiger partial charge in [-0.1, -0.05) is 0 Å². The summed E-state index contributed by atoms with van der Waals surface area (Å²) in [6, 6.07) is 0.417. The van der Waals surface area contributed by atoms with Crippen LogP contribution in [0.15, 0.2) is 0 Å². The van der Waals surface area contributed by atoms with Gasteiger partial charge in [0.25, 0.3) is 0 Å². The summed E-state index contributed by atoms with van der Waals surface area (Å²) < 4.78 is 5.49. The number of carbonyl (C=O) groups is 1. The van der Waals surface area contributed by atoms with Crippen molar-refractivity contribution in [2.24, 2.45) is 0 Å². The SMILES string of the molecule is CC1CN(CCCC(=O)O)C(C)CO1. The van der Waals surface area contributed by atoms with Gasteiger partial charge < -0.3 is 9.84 Å². The second-order valence-corrected chi connectivity index (χ2v) is 3.99. The summed E-state index contributed by atoms with van der Waals surface area (Å²) >= 11 is 0. The molecule has 0 spiro atoms. The summed E-state index contributed by atoms with van der Waals surface area (Å²) in [4.78, 5) is 12.6. The lowest BCUT2D eigenvalue weighted by atomic mass is 10.2. The molecule has 0 aromatic rings. The Morgan fingerprint density at radius 1 is 1.57 bits per heavy atom. The lowest BCUT2D eigenvalue weighted by molar-refractivity contribution is -0.137. The highest BCUT2D eigenvalue weighted by Gasteiger charge is 2.22. The van der Waals surface area contributed by atoms with Gasteiger partial charge in [0.2, 0.25) is 0 Å². The number of carboxylic acid groups (broad SMARTS) is 1. The summed E-state index contributed by atoms with van der Waals surface area (Å²) in [5.41, 5.74) is 0. The maximum Gasteiger partial charge on any atom is 0.303 e. The van der Waals surface area contributed by atoms with Gasteiger partial charge in [0, 0.05) is 19.0 Å². The van der Waals surface area contributed by atoms with E-state index in [1.54, 1.807) is 0 Å². The van der Waals surface area contributed by atoms with Crippen molar-refractivity contribution in [3.63, 3.8) is 0 Å². The molecule has 4 nitrogen and oxygen atoms in total. The van der Waals surface area contributed by atoms with Crippen molar-refractivity contribution in [3.05, 3.63) is 0 Å². The summed E-state index contributed by atoms with van der Waals surface area (Å²) in [5.74, 6) is -0.709. The first-order chi connectivity index (χ1) is 6.59. The number of aliphatic carboxylic acids is 1. The summed E-state index contributed by atoms with van der Waals surface area (Å²) in [5, 5.41) is 8.52. The van der Waals surface area contributed by atoms with Crippen molar-refractivity contribution in [1.29, 1.82) is 0 Å². The first-order valence-corrected chi connectivity index (χ1v) is 5.17. The molecule has 1 saturated heterocycles. The molecule has 1 aliphatic rings. The molecular weight excluding hydrogens is 182 g/mol. The minimum atomic E-state index is -0.709. The Labute approximate surface area is 84.8 Å². The van der Waals surface area contributed by atoms with E-state index in [1.165, 1.54) is 0 Å². The Morgan fingerprint density at radius 3 is 2.93 bits per heavy atom. The van der Waals surface area contributed by atoms with Crippen molar-refractivity contribution in [3.8, 4) is 0 Å². The Balaban J connectivity index is 2.24. The highest BCUT2D eigenvalue weighted by Crippen LogP contribution is 2.11. The molecule has 0 aromatic heterocycles. The van der Waals surface area contributed by atoms with Crippen molar-refractivity contribution >= 4 is 5.97 Å². The lowest BCUT2D eigenvalue weighted by Crippen LogP contribution is -2.47. The van der Waals surface area contributed by atoms with Crippen molar-refractivity contribution in [1.82, 2.24) is 4.90 Å². The van der Waals surface area contributed by atoms with E-state index in [0.29, 0.717) is 6.04 Å². The Bertz CT molecular complexity index is 196. The molecule has 2 unspecified atom stereocenters.